The number of rotatable bonds is 0. The van der Waals surface area contributed by atoms with Crippen molar-refractivity contribution in [3.05, 3.63) is 0 Å². The van der Waals surface area contributed by atoms with E-state index >= 15 is 0 Å². The predicted octanol–water partition coefficient (Wildman–Crippen LogP) is 0.368. The van der Waals surface area contributed by atoms with Gasteiger partial charge >= 0.3 is 29.2 Å². The van der Waals surface area contributed by atoms with Gasteiger partial charge in [0.05, 0.1) is 0 Å². The van der Waals surface area contributed by atoms with Crippen LogP contribution < -0.4 is 0 Å². The molecule has 0 bridgehead atoms. The third kappa shape index (κ3) is 70.8. The van der Waals surface area contributed by atoms with Crippen molar-refractivity contribution in [1.29, 1.82) is 0 Å². The zero-order valence-corrected chi connectivity index (χ0v) is 5.45. The first-order chi connectivity index (χ1) is 2.73. The summed E-state index contributed by atoms with van der Waals surface area (Å²) in [5, 5.41) is 0. The molecule has 0 spiro atoms. The van der Waals surface area contributed by atoms with Crippen LogP contribution in [0.25, 0.3) is 0 Å². The normalized spacial score (nSPS) is 7.00. The quantitative estimate of drug-likeness (QED) is 0.462. The molecule has 0 radical (unpaired) electrons. The van der Waals surface area contributed by atoms with Crippen LogP contribution >= 0.6 is 9.19 Å². The molecule has 0 aromatic carbocycles. The molecule has 0 aliphatic heterocycles. The summed E-state index contributed by atoms with van der Waals surface area (Å²) in [6.45, 7) is 0. The molecular formula is H2AgClO3S. The van der Waals surface area contributed by atoms with Crippen LogP contribution in [-0.4, -0.2) is 13.3 Å². The molecule has 0 aliphatic rings. The van der Waals surface area contributed by atoms with Crippen LogP contribution in [0.15, 0.2) is 0 Å². The molecule has 0 saturated heterocycles. The van der Waals surface area contributed by atoms with Gasteiger partial charge in [0.1, 0.15) is 0 Å². The van der Waals surface area contributed by atoms with Crippen LogP contribution in [-0.2, 0) is 31.3 Å². The van der Waals surface area contributed by atoms with Crippen molar-refractivity contribution in [3.63, 3.8) is 0 Å². The number of hydrogen-bond donors (Lipinski definition) is 2. The molecule has 0 rings (SSSR count). The van der Waals surface area contributed by atoms with Gasteiger partial charge in [-0.1, -0.05) is 0 Å². The first-order valence-electron chi connectivity index (χ1n) is 0.646. The molecule has 0 atom stereocenters. The van der Waals surface area contributed by atoms with E-state index in [9.17, 15) is 0 Å². The molecule has 6 heteroatoms. The third-order valence-electron chi connectivity index (χ3n) is 0. The summed E-state index contributed by atoms with van der Waals surface area (Å²) >= 11 is -0.189. The Morgan fingerprint density at radius 1 is 1.50 bits per heavy atom. The standard InChI is InChI=1S/Ag.ClH.H2O3S/c;;1-4(2)3/h;1H;(H2,1,2,3)/q+1;;/p-1. The fourth-order valence-electron chi connectivity index (χ4n) is 0. The maximum atomic E-state index is 8.67. The molecule has 0 unspecified atom stereocenters. The van der Waals surface area contributed by atoms with E-state index in [0.29, 0.717) is 0 Å². The molecule has 0 amide bonds. The summed E-state index contributed by atoms with van der Waals surface area (Å²) in [7, 11) is 4.45. The van der Waals surface area contributed by atoms with Gasteiger partial charge in [0.15, 0.2) is 0 Å². The molecule has 0 aromatic heterocycles. The summed E-state index contributed by atoms with van der Waals surface area (Å²) in [5.74, 6) is 0. The second-order valence-corrected chi connectivity index (χ2v) is 0.692. The summed E-state index contributed by atoms with van der Waals surface area (Å²) in [4.78, 5) is 0. The van der Waals surface area contributed by atoms with Crippen molar-refractivity contribution < 1.29 is 33.3 Å². The monoisotopic (exact) mass is 224 g/mol. The summed E-state index contributed by atoms with van der Waals surface area (Å²) in [5.41, 5.74) is 0. The van der Waals surface area contributed by atoms with Crippen molar-refractivity contribution in [2.45, 2.75) is 0 Å². The topological polar surface area (TPSA) is 57.5 Å². The summed E-state index contributed by atoms with van der Waals surface area (Å²) in [6, 6.07) is 0. The Bertz CT molecular complexity index is 33.8. The Hall–Kier alpha value is 1.10. The maximum absolute atomic E-state index is 8.67. The summed E-state index contributed by atoms with van der Waals surface area (Å²) < 4.78 is 22.8. The Kier molecular flexibility index (Phi) is 16.0. The molecule has 0 aromatic rings. The van der Waals surface area contributed by atoms with Gasteiger partial charge in [-0.3, -0.25) is 9.11 Å². The van der Waals surface area contributed by atoms with Gasteiger partial charge in [-0.05, 0) is 0 Å². The first kappa shape index (κ1) is 10.2. The van der Waals surface area contributed by atoms with E-state index in [1.807, 2.05) is 0 Å². The first-order valence-corrected chi connectivity index (χ1v) is 3.62. The molecule has 0 heterocycles. The average molecular weight is 225 g/mol. The van der Waals surface area contributed by atoms with Crippen molar-refractivity contribution in [1.82, 2.24) is 0 Å². The van der Waals surface area contributed by atoms with Crippen molar-refractivity contribution in [2.24, 2.45) is 0 Å². The molecule has 0 saturated carbocycles. The SMILES string of the molecule is O=S(O)O.[Cl][Ag]. The van der Waals surface area contributed by atoms with Crippen LogP contribution in [0.4, 0.5) is 0 Å². The van der Waals surface area contributed by atoms with Gasteiger partial charge < -0.3 is 0 Å². The molecule has 44 valence electrons. The predicted molar refractivity (Wildman–Crippen MR) is 19.3 cm³/mol. The zero-order valence-electron chi connectivity index (χ0n) is 2.39. The van der Waals surface area contributed by atoms with Crippen LogP contribution in [0.2, 0.25) is 0 Å². The Morgan fingerprint density at radius 2 is 1.50 bits per heavy atom. The fraction of sp³-hybridized carbons (Fsp3) is 0. The van der Waals surface area contributed by atoms with Gasteiger partial charge in [0.2, 0.25) is 0 Å². The van der Waals surface area contributed by atoms with E-state index in [-0.39, 0.29) is 0 Å². The molecule has 6 heavy (non-hydrogen) atoms. The third-order valence-corrected chi connectivity index (χ3v) is 0. The van der Waals surface area contributed by atoms with Crippen LogP contribution in [0.3, 0.4) is 0 Å². The zero-order chi connectivity index (χ0) is 5.58. The Balaban J connectivity index is 0. The Morgan fingerprint density at radius 3 is 1.50 bits per heavy atom. The summed E-state index contributed by atoms with van der Waals surface area (Å²) in [6.07, 6.45) is 0. The van der Waals surface area contributed by atoms with Crippen LogP contribution in [0, 0.1) is 0 Å². The second kappa shape index (κ2) is 9.44. The van der Waals surface area contributed by atoms with Gasteiger partial charge in [-0.25, -0.2) is 0 Å². The molecule has 0 aliphatic carbocycles. The van der Waals surface area contributed by atoms with Gasteiger partial charge in [0, 0.05) is 0 Å². The van der Waals surface area contributed by atoms with Gasteiger partial charge in [0.25, 0.3) is 11.4 Å². The van der Waals surface area contributed by atoms with Crippen molar-refractivity contribution in [3.8, 4) is 0 Å². The van der Waals surface area contributed by atoms with E-state index in [1.54, 1.807) is 0 Å². The van der Waals surface area contributed by atoms with Crippen molar-refractivity contribution >= 4 is 20.6 Å². The van der Waals surface area contributed by atoms with E-state index < -0.39 is 11.4 Å². The second-order valence-electron chi connectivity index (χ2n) is 0.231. The molecular weight excluding hydrogens is 223 g/mol. The minimum atomic E-state index is -2.61. The molecule has 3 nitrogen and oxygen atoms in total. The number of hydrogen-bond acceptors (Lipinski definition) is 1. The fourth-order valence-corrected chi connectivity index (χ4v) is 0. The Labute approximate surface area is 53.9 Å². The minimum absolute atomic E-state index is 2.42. The van der Waals surface area contributed by atoms with Crippen LogP contribution in [0.5, 0.6) is 0 Å². The van der Waals surface area contributed by atoms with E-state index in [1.165, 1.54) is 0 Å². The average Bonchev–Trinajstić information content (AvgIpc) is 1.41. The van der Waals surface area contributed by atoms with Crippen LogP contribution in [0.1, 0.15) is 0 Å². The number of halogens is 1. The van der Waals surface area contributed by atoms with E-state index in [4.69, 9.17) is 13.3 Å². The van der Waals surface area contributed by atoms with E-state index in [0.717, 1.165) is 0 Å². The molecule has 0 fully saturated rings. The van der Waals surface area contributed by atoms with Gasteiger partial charge in [-0.15, -0.1) is 0 Å². The van der Waals surface area contributed by atoms with Gasteiger partial charge in [-0.2, -0.15) is 4.21 Å². The van der Waals surface area contributed by atoms with E-state index in [2.05, 4.69) is 29.2 Å². The van der Waals surface area contributed by atoms with Crippen molar-refractivity contribution in [2.75, 3.05) is 0 Å². The molecule has 2 N–H and O–H groups in total.